The summed E-state index contributed by atoms with van der Waals surface area (Å²) in [5.74, 6) is 0. The molecule has 0 bridgehead atoms. The van der Waals surface area contributed by atoms with E-state index in [4.69, 9.17) is 0 Å². The third-order valence-electron chi connectivity index (χ3n) is 3.31. The lowest BCUT2D eigenvalue weighted by molar-refractivity contribution is 1.26. The molecule has 0 aliphatic heterocycles. The topological polar surface area (TPSA) is 3.24 Å². The molecule has 23 heavy (non-hydrogen) atoms. The summed E-state index contributed by atoms with van der Waals surface area (Å²) in [4.78, 5) is 2.21. The van der Waals surface area contributed by atoms with E-state index in [0.29, 0.717) is 0 Å². The van der Waals surface area contributed by atoms with Gasteiger partial charge in [0.05, 0.1) is 11.4 Å². The number of anilines is 3. The van der Waals surface area contributed by atoms with Crippen LogP contribution in [-0.4, -0.2) is 0 Å². The Bertz CT molecular complexity index is 782. The maximum Gasteiger partial charge on any atom is 0.0615 e. The SMILES string of the molecule is Brc1ccc(Br)c(N(c2ccccc2)c2cc(Br)ccc2Br)c1. The van der Waals surface area contributed by atoms with Gasteiger partial charge in [0.2, 0.25) is 0 Å². The maximum absolute atomic E-state index is 3.68. The van der Waals surface area contributed by atoms with Gasteiger partial charge in [-0.25, -0.2) is 0 Å². The Morgan fingerprint density at radius 3 is 1.52 bits per heavy atom. The van der Waals surface area contributed by atoms with Crippen molar-refractivity contribution in [1.29, 1.82) is 0 Å². The lowest BCUT2D eigenvalue weighted by Gasteiger charge is -2.27. The van der Waals surface area contributed by atoms with Gasteiger partial charge in [0.15, 0.2) is 0 Å². The highest BCUT2D eigenvalue weighted by Crippen LogP contribution is 2.43. The van der Waals surface area contributed by atoms with Gasteiger partial charge in [-0.3, -0.25) is 0 Å². The first-order chi connectivity index (χ1) is 11.1. The van der Waals surface area contributed by atoms with Crippen molar-refractivity contribution in [2.75, 3.05) is 4.90 Å². The van der Waals surface area contributed by atoms with Gasteiger partial charge in [-0.15, -0.1) is 0 Å². The molecule has 116 valence electrons. The Balaban J connectivity index is 2.27. The smallest absolute Gasteiger partial charge is 0.0615 e. The van der Waals surface area contributed by atoms with Crippen LogP contribution in [0.2, 0.25) is 0 Å². The van der Waals surface area contributed by atoms with Crippen molar-refractivity contribution in [1.82, 2.24) is 0 Å². The van der Waals surface area contributed by atoms with Gasteiger partial charge in [0.1, 0.15) is 0 Å². The van der Waals surface area contributed by atoms with E-state index in [9.17, 15) is 0 Å². The fourth-order valence-electron chi connectivity index (χ4n) is 2.30. The molecule has 5 heteroatoms. The predicted molar refractivity (Wildman–Crippen MR) is 112 cm³/mol. The summed E-state index contributed by atoms with van der Waals surface area (Å²) >= 11 is 14.5. The van der Waals surface area contributed by atoms with Crippen molar-refractivity contribution in [3.8, 4) is 0 Å². The number of halogens is 4. The highest BCUT2D eigenvalue weighted by atomic mass is 79.9. The zero-order valence-corrected chi connectivity index (χ0v) is 18.2. The molecule has 0 N–H and O–H groups in total. The van der Waals surface area contributed by atoms with Gasteiger partial charge in [0, 0.05) is 23.6 Å². The van der Waals surface area contributed by atoms with Crippen molar-refractivity contribution in [3.05, 3.63) is 84.6 Å². The largest absolute Gasteiger partial charge is 0.308 e. The van der Waals surface area contributed by atoms with Crippen molar-refractivity contribution in [2.45, 2.75) is 0 Å². The van der Waals surface area contributed by atoms with Crippen molar-refractivity contribution in [2.24, 2.45) is 0 Å². The lowest BCUT2D eigenvalue weighted by Crippen LogP contribution is -2.11. The van der Waals surface area contributed by atoms with Crippen LogP contribution in [0.3, 0.4) is 0 Å². The van der Waals surface area contributed by atoms with Crippen LogP contribution in [0.1, 0.15) is 0 Å². The minimum atomic E-state index is 1.02. The summed E-state index contributed by atoms with van der Waals surface area (Å²) in [5.41, 5.74) is 3.21. The first kappa shape index (κ1) is 17.2. The van der Waals surface area contributed by atoms with E-state index in [1.165, 1.54) is 0 Å². The molecule has 0 saturated carbocycles. The van der Waals surface area contributed by atoms with Gasteiger partial charge in [-0.05, 0) is 80.4 Å². The van der Waals surface area contributed by atoms with Crippen molar-refractivity contribution < 1.29 is 0 Å². The molecule has 0 heterocycles. The van der Waals surface area contributed by atoms with E-state index in [1.807, 2.05) is 42.5 Å². The predicted octanol–water partition coefficient (Wildman–Crippen LogP) is 8.21. The molecule has 0 fully saturated rings. The second-order valence-corrected chi connectivity index (χ2v) is 8.40. The number of rotatable bonds is 3. The Labute approximate surface area is 169 Å². The molecule has 3 aromatic carbocycles. The zero-order chi connectivity index (χ0) is 16.4. The van der Waals surface area contributed by atoms with Crippen LogP contribution in [0.4, 0.5) is 17.1 Å². The van der Waals surface area contributed by atoms with Crippen molar-refractivity contribution >= 4 is 80.8 Å². The Hall–Kier alpha value is -0.620. The molecule has 0 aliphatic rings. The van der Waals surface area contributed by atoms with Crippen LogP contribution in [0, 0.1) is 0 Å². The molecule has 0 saturated heterocycles. The molecule has 1 nitrogen and oxygen atoms in total. The Kier molecular flexibility index (Phi) is 5.62. The fraction of sp³-hybridized carbons (Fsp3) is 0. The molecule has 0 aliphatic carbocycles. The normalized spacial score (nSPS) is 10.6. The summed E-state index contributed by atoms with van der Waals surface area (Å²) < 4.78 is 4.11. The summed E-state index contributed by atoms with van der Waals surface area (Å²) in [5, 5.41) is 0. The van der Waals surface area contributed by atoms with E-state index in [1.54, 1.807) is 0 Å². The minimum Gasteiger partial charge on any atom is -0.308 e. The molecule has 0 atom stereocenters. The number of nitrogens with zero attached hydrogens (tertiary/aromatic N) is 1. The highest BCUT2D eigenvalue weighted by molar-refractivity contribution is 9.11. The number of hydrogen-bond donors (Lipinski definition) is 0. The molecule has 0 unspecified atom stereocenters. The van der Waals surface area contributed by atoms with Gasteiger partial charge in [-0.1, -0.05) is 50.1 Å². The van der Waals surface area contributed by atoms with E-state index < -0.39 is 0 Å². The second kappa shape index (κ2) is 7.51. The summed E-state index contributed by atoms with van der Waals surface area (Å²) in [7, 11) is 0. The molecule has 0 spiro atoms. The fourth-order valence-corrected chi connectivity index (χ4v) is 3.85. The van der Waals surface area contributed by atoms with Crippen molar-refractivity contribution in [3.63, 3.8) is 0 Å². The van der Waals surface area contributed by atoms with Crippen LogP contribution >= 0.6 is 63.7 Å². The third-order valence-corrected chi connectivity index (χ3v) is 5.64. The molecule has 3 aromatic rings. The molecular formula is C18H11Br4N. The maximum atomic E-state index is 3.68. The van der Waals surface area contributed by atoms with Crippen LogP contribution in [0.25, 0.3) is 0 Å². The van der Waals surface area contributed by atoms with Crippen LogP contribution in [-0.2, 0) is 0 Å². The Morgan fingerprint density at radius 1 is 0.565 bits per heavy atom. The van der Waals surface area contributed by atoms with Crippen LogP contribution < -0.4 is 4.90 Å². The summed E-state index contributed by atoms with van der Waals surface area (Å²) in [6.45, 7) is 0. The molecule has 0 aromatic heterocycles. The van der Waals surface area contributed by atoms with Crippen LogP contribution in [0.15, 0.2) is 84.6 Å². The average molecular weight is 561 g/mol. The van der Waals surface area contributed by atoms with Gasteiger partial charge in [-0.2, -0.15) is 0 Å². The van der Waals surface area contributed by atoms with E-state index >= 15 is 0 Å². The van der Waals surface area contributed by atoms with Crippen LogP contribution in [0.5, 0.6) is 0 Å². The molecule has 3 rings (SSSR count). The summed E-state index contributed by atoms with van der Waals surface area (Å²) in [6.07, 6.45) is 0. The number of hydrogen-bond acceptors (Lipinski definition) is 1. The third kappa shape index (κ3) is 3.90. The monoisotopic (exact) mass is 557 g/mol. The number of benzene rings is 3. The molecular weight excluding hydrogens is 550 g/mol. The zero-order valence-electron chi connectivity index (χ0n) is 11.8. The molecule has 0 amide bonds. The first-order valence-corrected chi connectivity index (χ1v) is 9.99. The summed E-state index contributed by atoms with van der Waals surface area (Å²) in [6, 6.07) is 22.6. The first-order valence-electron chi connectivity index (χ1n) is 6.81. The lowest BCUT2D eigenvalue weighted by atomic mass is 10.2. The standard InChI is InChI=1S/C18H11Br4N/c19-12-6-8-15(21)17(10-12)23(14-4-2-1-3-5-14)18-11-13(20)7-9-16(18)22/h1-11H. The minimum absolute atomic E-state index is 1.02. The van der Waals surface area contributed by atoms with Gasteiger partial charge < -0.3 is 4.90 Å². The van der Waals surface area contributed by atoms with E-state index in [-0.39, 0.29) is 0 Å². The van der Waals surface area contributed by atoms with E-state index in [2.05, 4.69) is 92.9 Å². The van der Waals surface area contributed by atoms with Gasteiger partial charge in [0.25, 0.3) is 0 Å². The van der Waals surface area contributed by atoms with Gasteiger partial charge >= 0.3 is 0 Å². The quantitative estimate of drug-likeness (QED) is 0.312. The average Bonchev–Trinajstić information content (AvgIpc) is 2.55. The van der Waals surface area contributed by atoms with E-state index in [0.717, 1.165) is 35.0 Å². The number of para-hydroxylation sites is 1. The highest BCUT2D eigenvalue weighted by Gasteiger charge is 2.18. The second-order valence-electron chi connectivity index (χ2n) is 4.86. The molecule has 0 radical (unpaired) electrons. The Morgan fingerprint density at radius 2 is 1.04 bits per heavy atom.